The molecular formula is C20H26N2O3S. The normalized spacial score (nSPS) is 10.1. The van der Waals surface area contributed by atoms with Crippen LogP contribution in [0.15, 0.2) is 42.5 Å². The van der Waals surface area contributed by atoms with Crippen LogP contribution in [-0.4, -0.2) is 32.5 Å². The van der Waals surface area contributed by atoms with Crippen LogP contribution in [-0.2, 0) is 6.42 Å². The Kier molecular flexibility index (Phi) is 8.02. The van der Waals surface area contributed by atoms with Crippen molar-refractivity contribution in [3.63, 3.8) is 0 Å². The van der Waals surface area contributed by atoms with E-state index in [0.29, 0.717) is 11.7 Å². The summed E-state index contributed by atoms with van der Waals surface area (Å²) in [6.07, 6.45) is 1.88. The lowest BCUT2D eigenvalue weighted by Crippen LogP contribution is -2.29. The first-order valence-electron chi connectivity index (χ1n) is 8.65. The van der Waals surface area contributed by atoms with Crippen molar-refractivity contribution < 1.29 is 14.2 Å². The van der Waals surface area contributed by atoms with Gasteiger partial charge in [-0.25, -0.2) is 0 Å². The van der Waals surface area contributed by atoms with E-state index in [1.165, 1.54) is 5.56 Å². The second-order valence-corrected chi connectivity index (χ2v) is 6.04. The summed E-state index contributed by atoms with van der Waals surface area (Å²) in [6.45, 7) is 3.39. The van der Waals surface area contributed by atoms with Crippen LogP contribution in [0.2, 0.25) is 0 Å². The Morgan fingerprint density at radius 1 is 1.04 bits per heavy atom. The largest absolute Gasteiger partial charge is 0.494 e. The number of thiocarbonyl (C=S) groups is 1. The van der Waals surface area contributed by atoms with Crippen molar-refractivity contribution in [1.82, 2.24) is 5.32 Å². The zero-order chi connectivity index (χ0) is 18.8. The summed E-state index contributed by atoms with van der Waals surface area (Å²) in [5, 5.41) is 7.01. The van der Waals surface area contributed by atoms with Gasteiger partial charge in [0.15, 0.2) is 16.6 Å². The van der Waals surface area contributed by atoms with Crippen molar-refractivity contribution in [2.75, 3.05) is 32.7 Å². The minimum atomic E-state index is 0.603. The molecule has 0 aliphatic heterocycles. The molecule has 0 atom stereocenters. The summed E-state index contributed by atoms with van der Waals surface area (Å²) in [7, 11) is 3.29. The van der Waals surface area contributed by atoms with Crippen molar-refractivity contribution >= 4 is 23.0 Å². The number of anilines is 1. The number of hydrogen-bond acceptors (Lipinski definition) is 4. The Labute approximate surface area is 160 Å². The number of benzene rings is 2. The van der Waals surface area contributed by atoms with Crippen LogP contribution in [0.3, 0.4) is 0 Å². The Bertz CT molecular complexity index is 722. The molecule has 0 aliphatic carbocycles. The third-order valence-electron chi connectivity index (χ3n) is 3.78. The van der Waals surface area contributed by atoms with Gasteiger partial charge in [0.25, 0.3) is 0 Å². The minimum absolute atomic E-state index is 0.603. The fourth-order valence-corrected chi connectivity index (χ4v) is 2.76. The van der Waals surface area contributed by atoms with Gasteiger partial charge < -0.3 is 24.8 Å². The van der Waals surface area contributed by atoms with Crippen LogP contribution in [0.25, 0.3) is 0 Å². The quantitative estimate of drug-likeness (QED) is 0.511. The Balaban J connectivity index is 1.75. The van der Waals surface area contributed by atoms with Crippen molar-refractivity contribution in [3.8, 4) is 17.2 Å². The highest BCUT2D eigenvalue weighted by atomic mass is 32.1. The SMILES string of the molecule is CCOc1cccc(NC(=S)NCCCc2ccc(OC)c(OC)c2)c1. The summed E-state index contributed by atoms with van der Waals surface area (Å²) in [5.41, 5.74) is 2.11. The molecule has 0 unspecified atom stereocenters. The summed E-state index contributed by atoms with van der Waals surface area (Å²) < 4.78 is 16.1. The number of nitrogens with one attached hydrogen (secondary N) is 2. The lowest BCUT2D eigenvalue weighted by molar-refractivity contribution is 0.340. The third-order valence-corrected chi connectivity index (χ3v) is 4.03. The van der Waals surface area contributed by atoms with Gasteiger partial charge in [-0.2, -0.15) is 0 Å². The molecule has 2 aromatic rings. The molecule has 26 heavy (non-hydrogen) atoms. The second kappa shape index (κ2) is 10.5. The number of ether oxygens (including phenoxy) is 3. The van der Waals surface area contributed by atoms with Crippen LogP contribution in [0.1, 0.15) is 18.9 Å². The van der Waals surface area contributed by atoms with Gasteiger partial charge in [-0.1, -0.05) is 12.1 Å². The molecule has 0 fully saturated rings. The first kappa shape index (κ1) is 19.8. The van der Waals surface area contributed by atoms with Gasteiger partial charge in [0.1, 0.15) is 5.75 Å². The van der Waals surface area contributed by atoms with Crippen molar-refractivity contribution in [1.29, 1.82) is 0 Å². The number of rotatable bonds is 9. The number of methoxy groups -OCH3 is 2. The fraction of sp³-hybridized carbons (Fsp3) is 0.350. The first-order chi connectivity index (χ1) is 12.7. The Morgan fingerprint density at radius 3 is 2.58 bits per heavy atom. The molecule has 0 amide bonds. The van der Waals surface area contributed by atoms with Crippen molar-refractivity contribution in [2.24, 2.45) is 0 Å². The molecule has 5 nitrogen and oxygen atoms in total. The summed E-state index contributed by atoms with van der Waals surface area (Å²) in [4.78, 5) is 0. The zero-order valence-electron chi connectivity index (χ0n) is 15.5. The van der Waals surface area contributed by atoms with Crippen LogP contribution < -0.4 is 24.8 Å². The molecule has 0 radical (unpaired) electrons. The van der Waals surface area contributed by atoms with E-state index in [0.717, 1.165) is 42.3 Å². The molecule has 2 aromatic carbocycles. The highest BCUT2D eigenvalue weighted by molar-refractivity contribution is 7.80. The Morgan fingerprint density at radius 2 is 1.85 bits per heavy atom. The van der Waals surface area contributed by atoms with Gasteiger partial charge in [-0.3, -0.25) is 0 Å². The molecule has 2 N–H and O–H groups in total. The van der Waals surface area contributed by atoms with Crippen LogP contribution in [0.5, 0.6) is 17.2 Å². The maximum Gasteiger partial charge on any atom is 0.170 e. The van der Waals surface area contributed by atoms with E-state index in [4.69, 9.17) is 26.4 Å². The van der Waals surface area contributed by atoms with E-state index in [2.05, 4.69) is 16.7 Å². The third kappa shape index (κ3) is 6.11. The zero-order valence-corrected chi connectivity index (χ0v) is 16.3. The van der Waals surface area contributed by atoms with Gasteiger partial charge in [-0.15, -0.1) is 0 Å². The molecule has 0 aliphatic rings. The molecule has 2 rings (SSSR count). The van der Waals surface area contributed by atoms with E-state index >= 15 is 0 Å². The molecule has 0 heterocycles. The average molecular weight is 375 g/mol. The van der Waals surface area contributed by atoms with E-state index in [9.17, 15) is 0 Å². The van der Waals surface area contributed by atoms with Gasteiger partial charge >= 0.3 is 0 Å². The standard InChI is InChI=1S/C20H26N2O3S/c1-4-25-17-9-5-8-16(14-17)22-20(26)21-12-6-7-15-10-11-18(23-2)19(13-15)24-3/h5,8-11,13-14H,4,6-7,12H2,1-3H3,(H2,21,22,26). The first-order valence-corrected chi connectivity index (χ1v) is 9.05. The predicted octanol–water partition coefficient (Wildman–Crippen LogP) is 4.02. The topological polar surface area (TPSA) is 51.8 Å². The molecular weight excluding hydrogens is 348 g/mol. The predicted molar refractivity (Wildman–Crippen MR) is 110 cm³/mol. The van der Waals surface area contributed by atoms with E-state index in [-0.39, 0.29) is 0 Å². The highest BCUT2D eigenvalue weighted by Crippen LogP contribution is 2.27. The van der Waals surface area contributed by atoms with Crippen LogP contribution in [0, 0.1) is 0 Å². The van der Waals surface area contributed by atoms with Gasteiger partial charge in [0.2, 0.25) is 0 Å². The van der Waals surface area contributed by atoms with E-state index in [1.807, 2.05) is 43.3 Å². The molecule has 140 valence electrons. The molecule has 6 heteroatoms. The van der Waals surface area contributed by atoms with Crippen molar-refractivity contribution in [3.05, 3.63) is 48.0 Å². The van der Waals surface area contributed by atoms with Crippen LogP contribution >= 0.6 is 12.2 Å². The van der Waals surface area contributed by atoms with Gasteiger partial charge in [0.05, 0.1) is 20.8 Å². The number of aryl methyl sites for hydroxylation is 1. The molecule has 0 bridgehead atoms. The smallest absolute Gasteiger partial charge is 0.170 e. The van der Waals surface area contributed by atoms with E-state index < -0.39 is 0 Å². The maximum absolute atomic E-state index is 5.49. The maximum atomic E-state index is 5.49. The van der Waals surface area contributed by atoms with E-state index in [1.54, 1.807) is 14.2 Å². The molecule has 0 saturated carbocycles. The summed E-state index contributed by atoms with van der Waals surface area (Å²) in [5.74, 6) is 2.33. The monoisotopic (exact) mass is 374 g/mol. The van der Waals surface area contributed by atoms with Gasteiger partial charge in [0, 0.05) is 18.3 Å². The molecule has 0 spiro atoms. The van der Waals surface area contributed by atoms with Gasteiger partial charge in [-0.05, 0) is 61.8 Å². The highest BCUT2D eigenvalue weighted by Gasteiger charge is 2.05. The van der Waals surface area contributed by atoms with Crippen LogP contribution in [0.4, 0.5) is 5.69 Å². The fourth-order valence-electron chi connectivity index (χ4n) is 2.54. The lowest BCUT2D eigenvalue weighted by Gasteiger charge is -2.12. The molecule has 0 saturated heterocycles. The summed E-state index contributed by atoms with van der Waals surface area (Å²) in [6, 6.07) is 13.7. The van der Waals surface area contributed by atoms with Crippen molar-refractivity contribution in [2.45, 2.75) is 19.8 Å². The molecule has 0 aromatic heterocycles. The minimum Gasteiger partial charge on any atom is -0.494 e. The summed E-state index contributed by atoms with van der Waals surface area (Å²) >= 11 is 5.35. The second-order valence-electron chi connectivity index (χ2n) is 5.63. The lowest BCUT2D eigenvalue weighted by atomic mass is 10.1. The number of hydrogen-bond donors (Lipinski definition) is 2. The average Bonchev–Trinajstić information content (AvgIpc) is 2.65. The Hall–Kier alpha value is -2.47.